The first-order valence-corrected chi connectivity index (χ1v) is 3.70. The van der Waals surface area contributed by atoms with Crippen molar-refractivity contribution in [2.75, 3.05) is 12.8 Å². The van der Waals surface area contributed by atoms with E-state index < -0.39 is 0 Å². The van der Waals surface area contributed by atoms with Gasteiger partial charge < -0.3 is 15.0 Å². The summed E-state index contributed by atoms with van der Waals surface area (Å²) in [5.41, 5.74) is 6.62. The SMILES string of the molecule is [B]c1cc2onc(N)c2cc1OC. The predicted molar refractivity (Wildman–Crippen MR) is 50.4 cm³/mol. The average molecular weight is 174 g/mol. The Morgan fingerprint density at radius 3 is 3.00 bits per heavy atom. The molecule has 1 aromatic heterocycles. The number of methoxy groups -OCH3 is 1. The average Bonchev–Trinajstić information content (AvgIpc) is 2.46. The summed E-state index contributed by atoms with van der Waals surface area (Å²) in [5, 5.41) is 4.32. The lowest BCUT2D eigenvalue weighted by Crippen LogP contribution is -2.06. The van der Waals surface area contributed by atoms with Crippen LogP contribution in [0.15, 0.2) is 16.7 Å². The van der Waals surface area contributed by atoms with Gasteiger partial charge in [0.15, 0.2) is 11.4 Å². The highest BCUT2D eigenvalue weighted by Gasteiger charge is 2.08. The number of anilines is 1. The molecule has 0 spiro atoms. The molecule has 0 aliphatic heterocycles. The maximum Gasteiger partial charge on any atom is 0.174 e. The number of aromatic nitrogens is 1. The summed E-state index contributed by atoms with van der Waals surface area (Å²) in [6, 6.07) is 3.34. The minimum Gasteiger partial charge on any atom is -0.497 e. The largest absolute Gasteiger partial charge is 0.497 e. The summed E-state index contributed by atoms with van der Waals surface area (Å²) in [6.45, 7) is 0. The van der Waals surface area contributed by atoms with Crippen molar-refractivity contribution in [2.45, 2.75) is 0 Å². The van der Waals surface area contributed by atoms with Gasteiger partial charge in [-0.15, -0.1) is 0 Å². The first kappa shape index (κ1) is 7.98. The standard InChI is InChI=1S/C8H7BN2O2/c1-12-7-2-4-6(3-5(7)9)13-11-8(4)10/h2-3H,1H3,(H2,10,11). The number of rotatable bonds is 1. The zero-order valence-electron chi connectivity index (χ0n) is 7.07. The number of nitrogens with zero attached hydrogens (tertiary/aromatic N) is 1. The quantitative estimate of drug-likeness (QED) is 0.627. The van der Waals surface area contributed by atoms with Crippen LogP contribution in [0.2, 0.25) is 0 Å². The van der Waals surface area contributed by atoms with Crippen LogP contribution in [0.1, 0.15) is 0 Å². The summed E-state index contributed by atoms with van der Waals surface area (Å²) in [7, 11) is 7.20. The normalized spacial score (nSPS) is 10.5. The molecular formula is C8H7BN2O2. The summed E-state index contributed by atoms with van der Waals surface area (Å²) >= 11 is 0. The number of benzene rings is 1. The van der Waals surface area contributed by atoms with Gasteiger partial charge in [-0.05, 0) is 12.1 Å². The molecule has 0 aliphatic carbocycles. The van der Waals surface area contributed by atoms with Crippen LogP contribution in [0, 0.1) is 0 Å². The van der Waals surface area contributed by atoms with Crippen LogP contribution >= 0.6 is 0 Å². The number of nitrogen functional groups attached to an aromatic ring is 1. The monoisotopic (exact) mass is 174 g/mol. The van der Waals surface area contributed by atoms with Crippen molar-refractivity contribution < 1.29 is 9.26 Å². The molecule has 0 unspecified atom stereocenters. The Hall–Kier alpha value is -1.65. The van der Waals surface area contributed by atoms with Crippen molar-refractivity contribution in [3.05, 3.63) is 12.1 Å². The minimum atomic E-state index is 0.341. The van der Waals surface area contributed by atoms with Gasteiger partial charge in [0.25, 0.3) is 0 Å². The number of nitrogens with two attached hydrogens (primary N) is 1. The molecule has 0 aliphatic rings. The zero-order valence-corrected chi connectivity index (χ0v) is 7.07. The van der Waals surface area contributed by atoms with Crippen molar-refractivity contribution in [2.24, 2.45) is 0 Å². The van der Waals surface area contributed by atoms with Crippen LogP contribution in [-0.2, 0) is 0 Å². The third-order valence-corrected chi connectivity index (χ3v) is 1.85. The third kappa shape index (κ3) is 1.12. The summed E-state index contributed by atoms with van der Waals surface area (Å²) in [5.74, 6) is 0.913. The number of fused-ring (bicyclic) bond motifs is 1. The molecule has 13 heavy (non-hydrogen) atoms. The van der Waals surface area contributed by atoms with Crippen molar-refractivity contribution in [1.82, 2.24) is 5.16 Å². The van der Waals surface area contributed by atoms with Gasteiger partial charge in [-0.3, -0.25) is 0 Å². The van der Waals surface area contributed by atoms with E-state index >= 15 is 0 Å². The maximum absolute atomic E-state index is 5.65. The van der Waals surface area contributed by atoms with Crippen molar-refractivity contribution >= 4 is 30.1 Å². The van der Waals surface area contributed by atoms with Gasteiger partial charge in [0.1, 0.15) is 13.6 Å². The second-order valence-corrected chi connectivity index (χ2v) is 2.66. The van der Waals surface area contributed by atoms with E-state index in [1.165, 1.54) is 0 Å². The fraction of sp³-hybridized carbons (Fsp3) is 0.125. The van der Waals surface area contributed by atoms with E-state index in [0.29, 0.717) is 28.0 Å². The van der Waals surface area contributed by atoms with E-state index in [1.807, 2.05) is 0 Å². The molecule has 0 bridgehead atoms. The Morgan fingerprint density at radius 1 is 1.54 bits per heavy atom. The van der Waals surface area contributed by atoms with Crippen LogP contribution in [-0.4, -0.2) is 20.1 Å². The van der Waals surface area contributed by atoms with Gasteiger partial charge in [0, 0.05) is 0 Å². The second-order valence-electron chi connectivity index (χ2n) is 2.66. The lowest BCUT2D eigenvalue weighted by molar-refractivity contribution is 0.418. The molecular weight excluding hydrogens is 167 g/mol. The molecule has 2 N–H and O–H groups in total. The smallest absolute Gasteiger partial charge is 0.174 e. The lowest BCUT2D eigenvalue weighted by atomic mass is 9.94. The van der Waals surface area contributed by atoms with Crippen molar-refractivity contribution in [3.63, 3.8) is 0 Å². The molecule has 2 aromatic rings. The Labute approximate surface area is 76.0 Å². The molecule has 2 radical (unpaired) electrons. The van der Waals surface area contributed by atoms with Crippen LogP contribution in [0.5, 0.6) is 5.75 Å². The van der Waals surface area contributed by atoms with Crippen LogP contribution < -0.4 is 15.9 Å². The molecule has 0 fully saturated rings. The summed E-state index contributed by atoms with van der Waals surface area (Å²) in [6.07, 6.45) is 0. The van der Waals surface area contributed by atoms with Crippen LogP contribution in [0.3, 0.4) is 0 Å². The fourth-order valence-corrected chi connectivity index (χ4v) is 1.18. The van der Waals surface area contributed by atoms with Gasteiger partial charge in [0.2, 0.25) is 0 Å². The lowest BCUT2D eigenvalue weighted by Gasteiger charge is -2.03. The van der Waals surface area contributed by atoms with E-state index in [2.05, 4.69) is 5.16 Å². The molecule has 1 aromatic carbocycles. The minimum absolute atomic E-state index is 0.341. The molecule has 0 saturated heterocycles. The van der Waals surface area contributed by atoms with Crippen LogP contribution in [0.4, 0.5) is 5.82 Å². The molecule has 2 rings (SSSR count). The number of hydrogen-bond donors (Lipinski definition) is 1. The molecule has 64 valence electrons. The van der Waals surface area contributed by atoms with Crippen LogP contribution in [0.25, 0.3) is 11.0 Å². The van der Waals surface area contributed by atoms with Gasteiger partial charge in [-0.25, -0.2) is 0 Å². The number of hydrogen-bond acceptors (Lipinski definition) is 4. The second kappa shape index (κ2) is 2.69. The predicted octanol–water partition coefficient (Wildman–Crippen LogP) is 0.212. The topological polar surface area (TPSA) is 61.3 Å². The van der Waals surface area contributed by atoms with Gasteiger partial charge >= 0.3 is 0 Å². The highest BCUT2D eigenvalue weighted by molar-refractivity contribution is 6.35. The Bertz CT molecular complexity index is 453. The Morgan fingerprint density at radius 2 is 2.31 bits per heavy atom. The molecule has 4 nitrogen and oxygen atoms in total. The van der Waals surface area contributed by atoms with E-state index in [-0.39, 0.29) is 0 Å². The fourth-order valence-electron chi connectivity index (χ4n) is 1.18. The highest BCUT2D eigenvalue weighted by Crippen LogP contribution is 2.22. The molecule has 1 heterocycles. The van der Waals surface area contributed by atoms with Gasteiger partial charge in [0.05, 0.1) is 12.5 Å². The molecule has 5 heteroatoms. The van der Waals surface area contributed by atoms with E-state index in [4.69, 9.17) is 22.8 Å². The first-order chi connectivity index (χ1) is 6.22. The van der Waals surface area contributed by atoms with E-state index in [1.54, 1.807) is 19.2 Å². The van der Waals surface area contributed by atoms with Crippen molar-refractivity contribution in [1.29, 1.82) is 0 Å². The van der Waals surface area contributed by atoms with Crippen molar-refractivity contribution in [3.8, 4) is 5.75 Å². The van der Waals surface area contributed by atoms with E-state index in [0.717, 1.165) is 0 Å². The molecule has 0 amide bonds. The molecule has 0 atom stereocenters. The summed E-state index contributed by atoms with van der Waals surface area (Å²) in [4.78, 5) is 0. The Balaban J connectivity index is 2.77. The first-order valence-electron chi connectivity index (χ1n) is 3.70. The van der Waals surface area contributed by atoms with E-state index in [9.17, 15) is 0 Å². The third-order valence-electron chi connectivity index (χ3n) is 1.85. The van der Waals surface area contributed by atoms with Gasteiger partial charge in [-0.2, -0.15) is 0 Å². The highest BCUT2D eigenvalue weighted by atomic mass is 16.5. The van der Waals surface area contributed by atoms with Gasteiger partial charge in [-0.1, -0.05) is 10.6 Å². The number of ether oxygens (including phenoxy) is 1. The Kier molecular flexibility index (Phi) is 1.65. The summed E-state index contributed by atoms with van der Waals surface area (Å²) < 4.78 is 9.95. The maximum atomic E-state index is 5.65. The zero-order chi connectivity index (χ0) is 9.42. The molecule has 0 saturated carbocycles.